The summed E-state index contributed by atoms with van der Waals surface area (Å²) in [6, 6.07) is 15.6. The molecular formula is C21H25ClN2O. The summed E-state index contributed by atoms with van der Waals surface area (Å²) in [5, 5.41) is 0.819. The molecule has 4 heteroatoms. The minimum Gasteiger partial charge on any atom is -0.381 e. The van der Waals surface area contributed by atoms with Crippen LogP contribution in [0, 0.1) is 0 Å². The molecule has 3 nitrogen and oxygen atoms in total. The Labute approximate surface area is 155 Å². The predicted octanol–water partition coefficient (Wildman–Crippen LogP) is 4.64. The summed E-state index contributed by atoms with van der Waals surface area (Å²) < 4.78 is 5.54. The summed E-state index contributed by atoms with van der Waals surface area (Å²) in [4.78, 5) is 7.68. The van der Waals surface area contributed by atoms with E-state index in [0.29, 0.717) is 12.1 Å². The van der Waals surface area contributed by atoms with Gasteiger partial charge in [-0.1, -0.05) is 35.9 Å². The Hall–Kier alpha value is -1.42. The van der Waals surface area contributed by atoms with Gasteiger partial charge in [0.05, 0.1) is 11.7 Å². The average Bonchev–Trinajstić information content (AvgIpc) is 3.15. The van der Waals surface area contributed by atoms with Crippen LogP contribution in [0.4, 0.5) is 0 Å². The van der Waals surface area contributed by atoms with Crippen LogP contribution >= 0.6 is 11.6 Å². The number of ether oxygens (including phenoxy) is 1. The first kappa shape index (κ1) is 17.0. The van der Waals surface area contributed by atoms with Crippen LogP contribution in [0.2, 0.25) is 5.02 Å². The number of halogens is 1. The number of hydrogen-bond donors (Lipinski definition) is 0. The normalized spacial score (nSPS) is 22.4. The van der Waals surface area contributed by atoms with E-state index in [0.717, 1.165) is 48.8 Å². The third kappa shape index (κ3) is 3.89. The van der Waals surface area contributed by atoms with Gasteiger partial charge in [-0.2, -0.15) is 0 Å². The van der Waals surface area contributed by atoms with Crippen LogP contribution in [0.3, 0.4) is 0 Å². The van der Waals surface area contributed by atoms with E-state index >= 15 is 0 Å². The summed E-state index contributed by atoms with van der Waals surface area (Å²) in [5.74, 6) is 0. The molecule has 0 N–H and O–H groups in total. The Morgan fingerprint density at radius 2 is 1.88 bits per heavy atom. The zero-order valence-corrected chi connectivity index (χ0v) is 15.3. The van der Waals surface area contributed by atoms with E-state index < -0.39 is 0 Å². The summed E-state index contributed by atoms with van der Waals surface area (Å²) in [6.07, 6.45) is 5.56. The van der Waals surface area contributed by atoms with Gasteiger partial charge in [-0.25, -0.2) is 0 Å². The van der Waals surface area contributed by atoms with E-state index in [1.54, 1.807) is 0 Å². The van der Waals surface area contributed by atoms with Gasteiger partial charge in [0, 0.05) is 36.4 Å². The van der Waals surface area contributed by atoms with E-state index in [4.69, 9.17) is 21.3 Å². The van der Waals surface area contributed by atoms with Crippen molar-refractivity contribution in [2.75, 3.05) is 19.8 Å². The molecular weight excluding hydrogens is 332 g/mol. The second-order valence-electron chi connectivity index (χ2n) is 7.06. The van der Waals surface area contributed by atoms with E-state index in [9.17, 15) is 0 Å². The van der Waals surface area contributed by atoms with Crippen molar-refractivity contribution < 1.29 is 4.74 Å². The van der Waals surface area contributed by atoms with Gasteiger partial charge in [0.1, 0.15) is 0 Å². The first-order valence-corrected chi connectivity index (χ1v) is 9.72. The van der Waals surface area contributed by atoms with Crippen LogP contribution in [0.15, 0.2) is 42.5 Å². The fourth-order valence-corrected chi connectivity index (χ4v) is 4.38. The fraction of sp³-hybridized carbons (Fsp3) is 0.476. The van der Waals surface area contributed by atoms with Gasteiger partial charge in [-0.05, 0) is 56.0 Å². The zero-order chi connectivity index (χ0) is 17.1. The number of nitrogens with zero attached hydrogens (tertiary/aromatic N) is 2. The number of pyridine rings is 1. The largest absolute Gasteiger partial charge is 0.381 e. The molecule has 3 heterocycles. The summed E-state index contributed by atoms with van der Waals surface area (Å²) in [7, 11) is 0. The molecule has 0 bridgehead atoms. The molecule has 2 fully saturated rings. The zero-order valence-electron chi connectivity index (χ0n) is 14.5. The average molecular weight is 357 g/mol. The van der Waals surface area contributed by atoms with E-state index in [1.807, 2.05) is 18.2 Å². The predicted molar refractivity (Wildman–Crippen MR) is 101 cm³/mol. The molecule has 0 spiro atoms. The van der Waals surface area contributed by atoms with Gasteiger partial charge >= 0.3 is 0 Å². The molecule has 2 saturated heterocycles. The number of benzene rings is 1. The molecule has 0 unspecified atom stereocenters. The number of likely N-dealkylation sites (tertiary alicyclic amines) is 1. The highest BCUT2D eigenvalue weighted by Crippen LogP contribution is 2.35. The van der Waals surface area contributed by atoms with Crippen LogP contribution in [0.25, 0.3) is 0 Å². The second kappa shape index (κ2) is 7.86. The Bertz CT molecular complexity index is 715. The Morgan fingerprint density at radius 1 is 1.04 bits per heavy atom. The molecule has 2 aliphatic rings. The number of aromatic nitrogens is 1. The monoisotopic (exact) mass is 356 g/mol. The summed E-state index contributed by atoms with van der Waals surface area (Å²) >= 11 is 6.32. The molecule has 4 rings (SSSR count). The Balaban J connectivity index is 1.53. The molecule has 1 aromatic carbocycles. The van der Waals surface area contributed by atoms with Crippen molar-refractivity contribution in [2.24, 2.45) is 0 Å². The highest BCUT2D eigenvalue weighted by molar-refractivity contribution is 6.31. The van der Waals surface area contributed by atoms with Gasteiger partial charge in [0.15, 0.2) is 0 Å². The van der Waals surface area contributed by atoms with Crippen molar-refractivity contribution >= 4 is 11.6 Å². The second-order valence-corrected chi connectivity index (χ2v) is 7.47. The number of rotatable bonds is 4. The third-order valence-corrected chi connectivity index (χ3v) is 5.82. The molecule has 1 aromatic heterocycles. The lowest BCUT2D eigenvalue weighted by atomic mass is 10.0. The van der Waals surface area contributed by atoms with E-state index in [1.165, 1.54) is 25.1 Å². The lowest BCUT2D eigenvalue weighted by Crippen LogP contribution is -2.39. The van der Waals surface area contributed by atoms with Crippen LogP contribution in [-0.2, 0) is 11.2 Å². The molecule has 2 aliphatic heterocycles. The lowest BCUT2D eigenvalue weighted by molar-refractivity contribution is 0.0285. The molecule has 25 heavy (non-hydrogen) atoms. The van der Waals surface area contributed by atoms with Crippen molar-refractivity contribution in [1.29, 1.82) is 0 Å². The first-order valence-electron chi connectivity index (χ1n) is 9.34. The molecule has 0 saturated carbocycles. The van der Waals surface area contributed by atoms with Crippen LogP contribution < -0.4 is 0 Å². The maximum absolute atomic E-state index is 6.32. The summed E-state index contributed by atoms with van der Waals surface area (Å²) in [5.41, 5.74) is 3.46. The highest BCUT2D eigenvalue weighted by Gasteiger charge is 2.33. The molecule has 132 valence electrons. The third-order valence-electron chi connectivity index (χ3n) is 5.45. The van der Waals surface area contributed by atoms with Gasteiger partial charge in [0.25, 0.3) is 0 Å². The molecule has 0 radical (unpaired) electrons. The summed E-state index contributed by atoms with van der Waals surface area (Å²) in [6.45, 7) is 2.98. The Morgan fingerprint density at radius 3 is 2.72 bits per heavy atom. The first-order chi connectivity index (χ1) is 12.3. The SMILES string of the molecule is Clc1ccccc1Cc1cccc([C@@H]2CCCN2C2CCOCC2)n1. The molecule has 0 aliphatic carbocycles. The quantitative estimate of drug-likeness (QED) is 0.797. The highest BCUT2D eigenvalue weighted by atomic mass is 35.5. The van der Waals surface area contributed by atoms with Gasteiger partial charge < -0.3 is 4.74 Å². The van der Waals surface area contributed by atoms with Crippen LogP contribution in [0.1, 0.15) is 48.7 Å². The van der Waals surface area contributed by atoms with E-state index in [-0.39, 0.29) is 0 Å². The minimum atomic E-state index is 0.453. The van der Waals surface area contributed by atoms with Crippen molar-refractivity contribution in [3.05, 3.63) is 64.4 Å². The standard InChI is InChI=1S/C21H25ClN2O/c22-19-7-2-1-5-16(19)15-17-6-3-8-20(23-17)21-9-4-12-24(21)18-10-13-25-14-11-18/h1-3,5-8,18,21H,4,9-15H2/t21-/m0/s1. The van der Waals surface area contributed by atoms with Crippen molar-refractivity contribution in [3.8, 4) is 0 Å². The van der Waals surface area contributed by atoms with Gasteiger partial charge in [0.2, 0.25) is 0 Å². The van der Waals surface area contributed by atoms with E-state index in [2.05, 4.69) is 29.2 Å². The number of hydrogen-bond acceptors (Lipinski definition) is 3. The maximum atomic E-state index is 6.32. The molecule has 1 atom stereocenters. The molecule has 2 aromatic rings. The van der Waals surface area contributed by atoms with Crippen LogP contribution in [0.5, 0.6) is 0 Å². The fourth-order valence-electron chi connectivity index (χ4n) is 4.18. The van der Waals surface area contributed by atoms with Crippen molar-refractivity contribution in [1.82, 2.24) is 9.88 Å². The van der Waals surface area contributed by atoms with Crippen molar-refractivity contribution in [3.63, 3.8) is 0 Å². The van der Waals surface area contributed by atoms with Crippen LogP contribution in [-0.4, -0.2) is 35.7 Å². The van der Waals surface area contributed by atoms with Gasteiger partial charge in [-0.15, -0.1) is 0 Å². The minimum absolute atomic E-state index is 0.453. The smallest absolute Gasteiger partial charge is 0.0578 e. The Kier molecular flexibility index (Phi) is 5.35. The van der Waals surface area contributed by atoms with Crippen molar-refractivity contribution in [2.45, 2.75) is 44.2 Å². The topological polar surface area (TPSA) is 25.4 Å². The lowest BCUT2D eigenvalue weighted by Gasteiger charge is -2.35. The molecule has 0 amide bonds. The maximum Gasteiger partial charge on any atom is 0.0578 e. The van der Waals surface area contributed by atoms with Gasteiger partial charge in [-0.3, -0.25) is 9.88 Å².